The fourth-order valence-corrected chi connectivity index (χ4v) is 3.10. The van der Waals surface area contributed by atoms with Gasteiger partial charge in [-0.3, -0.25) is 9.78 Å². The van der Waals surface area contributed by atoms with Crippen molar-refractivity contribution in [3.05, 3.63) is 83.4 Å². The number of carbonyl (C=O) groups is 1. The molecule has 0 fully saturated rings. The molecule has 0 saturated heterocycles. The van der Waals surface area contributed by atoms with Crippen molar-refractivity contribution in [2.45, 2.75) is 20.0 Å². The van der Waals surface area contributed by atoms with E-state index in [1.807, 2.05) is 54.9 Å². The second kappa shape index (κ2) is 7.29. The van der Waals surface area contributed by atoms with Crippen molar-refractivity contribution in [3.63, 3.8) is 0 Å². The Bertz CT molecular complexity index is 1240. The van der Waals surface area contributed by atoms with Crippen molar-refractivity contribution in [2.75, 3.05) is 5.32 Å². The Labute approximate surface area is 170 Å². The van der Waals surface area contributed by atoms with Crippen LogP contribution in [0.2, 0.25) is 0 Å². The van der Waals surface area contributed by atoms with Gasteiger partial charge in [0.25, 0.3) is 5.91 Å². The molecule has 0 spiro atoms. The van der Waals surface area contributed by atoms with Gasteiger partial charge in [0.2, 0.25) is 0 Å². The summed E-state index contributed by atoms with van der Waals surface area (Å²) in [5.74, 6) is -0.540. The minimum absolute atomic E-state index is 0.0381. The van der Waals surface area contributed by atoms with E-state index in [1.165, 1.54) is 0 Å². The van der Waals surface area contributed by atoms with Gasteiger partial charge in [-0.2, -0.15) is 13.2 Å². The molecule has 30 heavy (non-hydrogen) atoms. The Morgan fingerprint density at radius 3 is 2.53 bits per heavy atom. The summed E-state index contributed by atoms with van der Waals surface area (Å²) in [6, 6.07) is 11.4. The van der Waals surface area contributed by atoms with Gasteiger partial charge in [0.05, 0.1) is 11.3 Å². The predicted octanol–water partition coefficient (Wildman–Crippen LogP) is 5.28. The number of imidazole rings is 1. The van der Waals surface area contributed by atoms with Gasteiger partial charge in [-0.25, -0.2) is 4.98 Å². The van der Waals surface area contributed by atoms with Crippen molar-refractivity contribution >= 4 is 17.2 Å². The second-order valence-corrected chi connectivity index (χ2v) is 6.96. The van der Waals surface area contributed by atoms with Crippen molar-refractivity contribution in [1.29, 1.82) is 0 Å². The fraction of sp³-hybridized carbons (Fsp3) is 0.136. The average Bonchev–Trinajstić information content (AvgIpc) is 3.15. The minimum Gasteiger partial charge on any atom is -0.322 e. The molecule has 1 amide bonds. The number of hydrogen-bond donors (Lipinski definition) is 1. The highest BCUT2D eigenvalue weighted by molar-refractivity contribution is 6.04. The molecule has 0 saturated carbocycles. The third-order valence-corrected chi connectivity index (χ3v) is 4.78. The van der Waals surface area contributed by atoms with Crippen LogP contribution in [0.4, 0.5) is 18.9 Å². The molecule has 0 unspecified atom stereocenters. The first-order valence-corrected chi connectivity index (χ1v) is 9.12. The van der Waals surface area contributed by atoms with Gasteiger partial charge >= 0.3 is 6.18 Å². The summed E-state index contributed by atoms with van der Waals surface area (Å²) < 4.78 is 39.9. The molecule has 3 heterocycles. The Morgan fingerprint density at radius 2 is 1.87 bits per heavy atom. The lowest BCUT2D eigenvalue weighted by Gasteiger charge is -2.11. The second-order valence-electron chi connectivity index (χ2n) is 6.96. The van der Waals surface area contributed by atoms with Crippen LogP contribution in [0.3, 0.4) is 0 Å². The first-order chi connectivity index (χ1) is 14.2. The van der Waals surface area contributed by atoms with Crippen LogP contribution in [-0.4, -0.2) is 20.3 Å². The van der Waals surface area contributed by atoms with Gasteiger partial charge in [-0.1, -0.05) is 18.2 Å². The quantitative estimate of drug-likeness (QED) is 0.500. The monoisotopic (exact) mass is 410 g/mol. The summed E-state index contributed by atoms with van der Waals surface area (Å²) in [5, 5.41) is 2.75. The van der Waals surface area contributed by atoms with E-state index in [2.05, 4.69) is 15.3 Å². The van der Waals surface area contributed by atoms with Gasteiger partial charge in [0.15, 0.2) is 0 Å². The average molecular weight is 410 g/mol. The molecule has 1 N–H and O–H groups in total. The van der Waals surface area contributed by atoms with Crippen molar-refractivity contribution in [3.8, 4) is 11.3 Å². The number of carbonyl (C=O) groups excluding carboxylic acids is 1. The first kappa shape index (κ1) is 19.6. The number of anilines is 1. The van der Waals surface area contributed by atoms with Crippen molar-refractivity contribution < 1.29 is 18.0 Å². The van der Waals surface area contributed by atoms with Crippen LogP contribution in [0.1, 0.15) is 27.2 Å². The number of alkyl halides is 3. The molecule has 3 aromatic heterocycles. The van der Waals surface area contributed by atoms with E-state index in [0.717, 1.165) is 46.4 Å². The number of hydrogen-bond acceptors (Lipinski definition) is 3. The maximum absolute atomic E-state index is 12.7. The molecule has 4 rings (SSSR count). The molecule has 0 aliphatic carbocycles. The number of halogens is 3. The molecule has 0 aliphatic heterocycles. The summed E-state index contributed by atoms with van der Waals surface area (Å²) in [5.41, 5.74) is 3.79. The first-order valence-electron chi connectivity index (χ1n) is 9.12. The summed E-state index contributed by atoms with van der Waals surface area (Å²) >= 11 is 0. The fourth-order valence-electron chi connectivity index (χ4n) is 3.10. The van der Waals surface area contributed by atoms with Crippen LogP contribution in [-0.2, 0) is 6.18 Å². The molecular weight excluding hydrogens is 393 g/mol. The lowest BCUT2D eigenvalue weighted by molar-refractivity contribution is -0.141. The number of amides is 1. The Balaban J connectivity index is 1.61. The summed E-state index contributed by atoms with van der Waals surface area (Å²) in [6.07, 6.45) is 0.181. The van der Waals surface area contributed by atoms with Crippen molar-refractivity contribution in [1.82, 2.24) is 14.4 Å². The van der Waals surface area contributed by atoms with Crippen molar-refractivity contribution in [2.24, 2.45) is 0 Å². The Hall–Kier alpha value is -3.68. The molecule has 4 aromatic rings. The molecule has 0 radical (unpaired) electrons. The molecule has 0 bridgehead atoms. The van der Waals surface area contributed by atoms with Gasteiger partial charge in [-0.05, 0) is 49.2 Å². The lowest BCUT2D eigenvalue weighted by atomic mass is 10.1. The largest absolute Gasteiger partial charge is 0.433 e. The highest BCUT2D eigenvalue weighted by Gasteiger charge is 2.32. The molecular formula is C22H17F3N4O. The number of rotatable bonds is 3. The number of pyridine rings is 2. The maximum Gasteiger partial charge on any atom is 0.433 e. The van der Waals surface area contributed by atoms with Crippen LogP contribution in [0.5, 0.6) is 0 Å². The van der Waals surface area contributed by atoms with E-state index in [-0.39, 0.29) is 5.56 Å². The van der Waals surface area contributed by atoms with E-state index < -0.39 is 17.8 Å². The number of nitrogens with zero attached hydrogens (tertiary/aromatic N) is 3. The summed E-state index contributed by atoms with van der Waals surface area (Å²) in [4.78, 5) is 20.5. The molecule has 0 atom stereocenters. The van der Waals surface area contributed by atoms with Gasteiger partial charge in [-0.15, -0.1) is 0 Å². The third-order valence-electron chi connectivity index (χ3n) is 4.78. The highest BCUT2D eigenvalue weighted by Crippen LogP contribution is 2.28. The zero-order valence-electron chi connectivity index (χ0n) is 16.2. The van der Waals surface area contributed by atoms with Crippen LogP contribution in [0.25, 0.3) is 16.9 Å². The number of benzene rings is 1. The number of nitrogens with one attached hydrogen (secondary N) is 1. The third kappa shape index (κ3) is 3.76. The topological polar surface area (TPSA) is 59.3 Å². The summed E-state index contributed by atoms with van der Waals surface area (Å²) in [6.45, 7) is 3.81. The molecule has 0 aliphatic rings. The molecule has 8 heteroatoms. The molecule has 152 valence electrons. The Kier molecular flexibility index (Phi) is 4.77. The van der Waals surface area contributed by atoms with Crippen LogP contribution >= 0.6 is 0 Å². The zero-order chi connectivity index (χ0) is 21.5. The van der Waals surface area contributed by atoms with Gasteiger partial charge in [0, 0.05) is 29.8 Å². The van der Waals surface area contributed by atoms with E-state index in [1.54, 1.807) is 6.07 Å². The number of aryl methyl sites for hydroxylation is 2. The molecule has 1 aromatic carbocycles. The van der Waals surface area contributed by atoms with E-state index >= 15 is 0 Å². The van der Waals surface area contributed by atoms with E-state index in [9.17, 15) is 18.0 Å². The number of fused-ring (bicyclic) bond motifs is 1. The normalized spacial score (nSPS) is 11.6. The smallest absolute Gasteiger partial charge is 0.322 e. The number of aromatic nitrogens is 3. The molecule has 5 nitrogen and oxygen atoms in total. The van der Waals surface area contributed by atoms with Crippen LogP contribution in [0, 0.1) is 13.8 Å². The van der Waals surface area contributed by atoms with E-state index in [4.69, 9.17) is 0 Å². The maximum atomic E-state index is 12.7. The predicted molar refractivity (Wildman–Crippen MR) is 107 cm³/mol. The van der Waals surface area contributed by atoms with Gasteiger partial charge in [0.1, 0.15) is 11.3 Å². The Morgan fingerprint density at radius 1 is 1.07 bits per heavy atom. The standard InChI is InChI=1S/C22H17F3N4O/c1-13-5-6-15(18-12-29-9-3-4-14(2)20(29)27-18)10-17(13)28-21(30)16-7-8-19(26-11-16)22(23,24)25/h3-12H,1-2H3,(H,28,30). The lowest BCUT2D eigenvalue weighted by Crippen LogP contribution is -2.15. The van der Waals surface area contributed by atoms with Gasteiger partial charge < -0.3 is 9.72 Å². The SMILES string of the molecule is Cc1ccc(-c2cn3cccc(C)c3n2)cc1NC(=O)c1ccc(C(F)(F)F)nc1. The highest BCUT2D eigenvalue weighted by atomic mass is 19.4. The summed E-state index contributed by atoms with van der Waals surface area (Å²) in [7, 11) is 0. The minimum atomic E-state index is -4.55. The zero-order valence-corrected chi connectivity index (χ0v) is 16.2. The van der Waals surface area contributed by atoms with E-state index in [0.29, 0.717) is 5.69 Å². The van der Waals surface area contributed by atoms with Crippen LogP contribution < -0.4 is 5.32 Å². The van der Waals surface area contributed by atoms with Crippen LogP contribution in [0.15, 0.2) is 61.1 Å².